The van der Waals surface area contributed by atoms with Crippen LogP contribution in [0.4, 0.5) is 5.69 Å². The molecule has 1 aromatic heterocycles. The van der Waals surface area contributed by atoms with Gasteiger partial charge in [0.25, 0.3) is 5.91 Å². The number of aromatic nitrogens is 1. The van der Waals surface area contributed by atoms with Gasteiger partial charge in [0.15, 0.2) is 5.17 Å². The topological polar surface area (TPSA) is 74.9 Å². The molecule has 3 aromatic rings. The molecule has 0 bridgehead atoms. The Morgan fingerprint density at radius 2 is 1.71 bits per heavy atom. The maximum atomic E-state index is 12.9. The van der Waals surface area contributed by atoms with Gasteiger partial charge >= 0.3 is 5.97 Å². The number of rotatable bonds is 5. The molecule has 0 aliphatic carbocycles. The Balaban J connectivity index is 1.62. The van der Waals surface area contributed by atoms with Crippen molar-refractivity contribution in [2.45, 2.75) is 33.6 Å². The van der Waals surface area contributed by atoms with Gasteiger partial charge in [0.2, 0.25) is 0 Å². The first-order valence-electron chi connectivity index (χ1n) is 11.0. The van der Waals surface area contributed by atoms with Crippen molar-refractivity contribution < 1.29 is 14.7 Å². The number of carboxylic acids is 1. The van der Waals surface area contributed by atoms with Crippen LogP contribution < -0.4 is 0 Å². The van der Waals surface area contributed by atoms with E-state index in [-0.39, 0.29) is 11.5 Å². The van der Waals surface area contributed by atoms with Crippen LogP contribution in [0.5, 0.6) is 0 Å². The van der Waals surface area contributed by atoms with Crippen molar-refractivity contribution in [1.29, 1.82) is 0 Å². The van der Waals surface area contributed by atoms with Crippen LogP contribution >= 0.6 is 11.8 Å². The van der Waals surface area contributed by atoms with Crippen LogP contribution in [0.3, 0.4) is 0 Å². The standard InChI is InChI=1S/C27H27N3O3S/c1-16(2)19-8-12-23(13-9-19)30-17(3)14-21(18(30)4)15-24-25(31)29(5)27(34-24)28-22-10-6-20(7-11-22)26(32)33/h6-16H,1-5H3,(H,32,33)/b24-15-,28-27?. The van der Waals surface area contributed by atoms with Gasteiger partial charge in [0.05, 0.1) is 16.2 Å². The van der Waals surface area contributed by atoms with Gasteiger partial charge in [-0.1, -0.05) is 26.0 Å². The molecule has 174 valence electrons. The van der Waals surface area contributed by atoms with Gasteiger partial charge in [-0.25, -0.2) is 9.79 Å². The number of amidine groups is 1. The average Bonchev–Trinajstić information content (AvgIpc) is 3.23. The molecule has 1 fully saturated rings. The van der Waals surface area contributed by atoms with E-state index in [1.54, 1.807) is 19.2 Å². The van der Waals surface area contributed by atoms with Crippen LogP contribution in [0, 0.1) is 13.8 Å². The fraction of sp³-hybridized carbons (Fsp3) is 0.222. The molecule has 1 N–H and O–H groups in total. The first kappa shape index (κ1) is 23.6. The Morgan fingerprint density at radius 1 is 1.06 bits per heavy atom. The fourth-order valence-corrected chi connectivity index (χ4v) is 4.90. The van der Waals surface area contributed by atoms with Crippen LogP contribution in [-0.4, -0.2) is 38.7 Å². The Morgan fingerprint density at radius 3 is 2.29 bits per heavy atom. The third-order valence-electron chi connectivity index (χ3n) is 5.92. The first-order valence-corrected chi connectivity index (χ1v) is 11.9. The number of likely N-dealkylation sites (N-methyl/N-ethyl adjacent to an activating group) is 1. The lowest BCUT2D eigenvalue weighted by Crippen LogP contribution is -2.23. The summed E-state index contributed by atoms with van der Waals surface area (Å²) in [5.41, 5.74) is 6.33. The number of amides is 1. The lowest BCUT2D eigenvalue weighted by Gasteiger charge is -2.12. The highest BCUT2D eigenvalue weighted by Crippen LogP contribution is 2.34. The number of carbonyl (C=O) groups is 2. The second kappa shape index (κ2) is 9.35. The lowest BCUT2D eigenvalue weighted by molar-refractivity contribution is -0.121. The van der Waals surface area contributed by atoms with E-state index in [0.29, 0.717) is 21.7 Å². The monoisotopic (exact) mass is 473 g/mol. The van der Waals surface area contributed by atoms with Gasteiger partial charge in [-0.2, -0.15) is 0 Å². The van der Waals surface area contributed by atoms with Crippen molar-refractivity contribution in [3.63, 3.8) is 0 Å². The molecule has 0 atom stereocenters. The van der Waals surface area contributed by atoms with Crippen LogP contribution in [-0.2, 0) is 4.79 Å². The van der Waals surface area contributed by atoms with Gasteiger partial charge in [-0.15, -0.1) is 0 Å². The van der Waals surface area contributed by atoms with Crippen LogP contribution in [0.2, 0.25) is 0 Å². The molecular weight excluding hydrogens is 446 g/mol. The molecule has 1 saturated heterocycles. The van der Waals surface area contributed by atoms with E-state index in [1.807, 2.05) is 6.08 Å². The summed E-state index contributed by atoms with van der Waals surface area (Å²) in [4.78, 5) is 30.6. The van der Waals surface area contributed by atoms with E-state index >= 15 is 0 Å². The summed E-state index contributed by atoms with van der Waals surface area (Å²) in [5, 5.41) is 9.61. The van der Waals surface area contributed by atoms with Crippen LogP contribution in [0.15, 0.2) is 64.5 Å². The molecule has 0 spiro atoms. The third kappa shape index (κ3) is 4.56. The molecule has 0 radical (unpaired) electrons. The molecule has 7 heteroatoms. The van der Waals surface area contributed by atoms with Gasteiger partial charge < -0.3 is 9.67 Å². The zero-order chi connectivity index (χ0) is 24.6. The van der Waals surface area contributed by atoms with E-state index in [9.17, 15) is 9.59 Å². The molecule has 1 aliphatic rings. The quantitative estimate of drug-likeness (QED) is 0.451. The van der Waals surface area contributed by atoms with Crippen molar-refractivity contribution >= 4 is 40.6 Å². The van der Waals surface area contributed by atoms with Gasteiger partial charge in [0, 0.05) is 24.1 Å². The van der Waals surface area contributed by atoms with Crippen molar-refractivity contribution in [1.82, 2.24) is 9.47 Å². The predicted octanol–water partition coefficient (Wildman–Crippen LogP) is 6.15. The fourth-order valence-electron chi connectivity index (χ4n) is 3.92. The number of hydrogen-bond donors (Lipinski definition) is 1. The van der Waals surface area contributed by atoms with E-state index in [4.69, 9.17) is 5.11 Å². The number of thioether (sulfide) groups is 1. The molecule has 4 rings (SSSR count). The maximum absolute atomic E-state index is 12.9. The van der Waals surface area contributed by atoms with E-state index in [1.165, 1.54) is 34.4 Å². The number of benzene rings is 2. The van der Waals surface area contributed by atoms with Gasteiger partial charge in [-0.05, 0) is 91.2 Å². The summed E-state index contributed by atoms with van der Waals surface area (Å²) in [6, 6.07) is 17.0. The molecule has 0 unspecified atom stereocenters. The minimum atomic E-state index is -0.986. The average molecular weight is 474 g/mol. The minimum Gasteiger partial charge on any atom is -0.478 e. The predicted molar refractivity (Wildman–Crippen MR) is 138 cm³/mol. The molecular formula is C27H27N3O3S. The number of aliphatic imine (C=N–C) groups is 1. The smallest absolute Gasteiger partial charge is 0.335 e. The number of hydrogen-bond acceptors (Lipinski definition) is 4. The summed E-state index contributed by atoms with van der Waals surface area (Å²) >= 11 is 1.31. The Labute approximate surface area is 203 Å². The van der Waals surface area contributed by atoms with Gasteiger partial charge in [-0.3, -0.25) is 9.69 Å². The highest BCUT2D eigenvalue weighted by Gasteiger charge is 2.30. The lowest BCUT2D eigenvalue weighted by atomic mass is 10.0. The Bertz CT molecular complexity index is 1320. The van der Waals surface area contributed by atoms with Crippen molar-refractivity contribution in [2.24, 2.45) is 4.99 Å². The molecule has 34 heavy (non-hydrogen) atoms. The van der Waals surface area contributed by atoms with Crippen molar-refractivity contribution in [2.75, 3.05) is 7.05 Å². The first-order chi connectivity index (χ1) is 16.2. The molecule has 1 amide bonds. The summed E-state index contributed by atoms with van der Waals surface area (Å²) < 4.78 is 2.20. The highest BCUT2D eigenvalue weighted by molar-refractivity contribution is 8.18. The number of aromatic carboxylic acids is 1. The normalized spacial score (nSPS) is 16.3. The second-order valence-corrected chi connectivity index (χ2v) is 9.64. The highest BCUT2D eigenvalue weighted by atomic mass is 32.2. The van der Waals surface area contributed by atoms with E-state index in [2.05, 4.69) is 67.6 Å². The number of aryl methyl sites for hydroxylation is 1. The van der Waals surface area contributed by atoms with Gasteiger partial charge in [0.1, 0.15) is 0 Å². The zero-order valence-corrected chi connectivity index (χ0v) is 20.7. The second-order valence-electron chi connectivity index (χ2n) is 8.63. The largest absolute Gasteiger partial charge is 0.478 e. The molecule has 6 nitrogen and oxygen atoms in total. The third-order valence-corrected chi connectivity index (χ3v) is 6.98. The summed E-state index contributed by atoms with van der Waals surface area (Å²) in [6.45, 7) is 8.49. The van der Waals surface area contributed by atoms with Crippen molar-refractivity contribution in [3.8, 4) is 5.69 Å². The molecule has 1 aliphatic heterocycles. The van der Waals surface area contributed by atoms with Crippen molar-refractivity contribution in [3.05, 3.63) is 87.6 Å². The van der Waals surface area contributed by atoms with Crippen LogP contribution in [0.25, 0.3) is 11.8 Å². The molecule has 2 heterocycles. The molecule has 2 aromatic carbocycles. The molecule has 0 saturated carbocycles. The summed E-state index contributed by atoms with van der Waals surface area (Å²) in [6.07, 6.45) is 1.92. The summed E-state index contributed by atoms with van der Waals surface area (Å²) in [7, 11) is 1.69. The minimum absolute atomic E-state index is 0.114. The Kier molecular flexibility index (Phi) is 6.48. The van der Waals surface area contributed by atoms with E-state index < -0.39 is 5.97 Å². The SMILES string of the molecule is Cc1cc(/C=C2\SC(=Nc3ccc(C(=O)O)cc3)N(C)C2=O)c(C)n1-c1ccc(C(C)C)cc1. The number of carboxylic acid groups (broad SMARTS) is 1. The number of nitrogens with zero attached hydrogens (tertiary/aromatic N) is 3. The summed E-state index contributed by atoms with van der Waals surface area (Å²) in [5.74, 6) is -0.619. The van der Waals surface area contributed by atoms with E-state index in [0.717, 1.165) is 22.6 Å². The maximum Gasteiger partial charge on any atom is 0.335 e. The van der Waals surface area contributed by atoms with Crippen LogP contribution in [0.1, 0.15) is 52.6 Å². The Hall–Kier alpha value is -3.58. The number of carbonyl (C=O) groups excluding carboxylic acids is 1. The zero-order valence-electron chi connectivity index (χ0n) is 19.9.